The quantitative estimate of drug-likeness (QED) is 0.593. The van der Waals surface area contributed by atoms with Crippen molar-refractivity contribution in [2.45, 2.75) is 33.0 Å². The van der Waals surface area contributed by atoms with Gasteiger partial charge in [0.05, 0.1) is 35.8 Å². The number of fused-ring (bicyclic) bond motifs is 2. The zero-order chi connectivity index (χ0) is 18.5. The van der Waals surface area contributed by atoms with E-state index in [0.29, 0.717) is 0 Å². The fraction of sp³-hybridized carbons (Fsp3) is 0.350. The minimum absolute atomic E-state index is 0.194. The fourth-order valence-corrected chi connectivity index (χ4v) is 4.02. The monoisotopic (exact) mass is 362 g/mol. The van der Waals surface area contributed by atoms with Crippen LogP contribution in [0.3, 0.4) is 0 Å². The van der Waals surface area contributed by atoms with Crippen LogP contribution in [0.4, 0.5) is 5.82 Å². The number of aryl methyl sites for hydroxylation is 1. The van der Waals surface area contributed by atoms with Crippen molar-refractivity contribution in [3.05, 3.63) is 42.2 Å². The number of H-pyrrole nitrogens is 1. The normalized spacial score (nSPS) is 20.6. The Hall–Kier alpha value is -2.93. The number of nitrogens with zero attached hydrogens (tertiary/aromatic N) is 5. The molecule has 2 atom stereocenters. The van der Waals surface area contributed by atoms with E-state index in [0.717, 1.165) is 46.7 Å². The van der Waals surface area contributed by atoms with E-state index in [1.807, 2.05) is 29.0 Å². The van der Waals surface area contributed by atoms with Crippen molar-refractivity contribution in [1.82, 2.24) is 24.8 Å². The smallest absolute Gasteiger partial charge is 0.154 e. The standard InChI is InChI=1S/C20H22N6O/c1-12-10-25(11-13(2)27-12)20-7-6-19-21-9-18(26(19)24-20)15-4-5-17-16(14(15)3)8-22-23-17/h4-9,12-13H,10-11H2,1-3H3,(H,22,23)/t12-,13+. The van der Waals surface area contributed by atoms with Crippen LogP contribution in [0.5, 0.6) is 0 Å². The number of aromatic amines is 1. The summed E-state index contributed by atoms with van der Waals surface area (Å²) < 4.78 is 7.79. The molecule has 27 heavy (non-hydrogen) atoms. The average Bonchev–Trinajstić information content (AvgIpc) is 3.28. The Morgan fingerprint density at radius 2 is 1.89 bits per heavy atom. The molecule has 1 fully saturated rings. The maximum Gasteiger partial charge on any atom is 0.154 e. The Kier molecular flexibility index (Phi) is 3.65. The first-order chi connectivity index (χ1) is 13.1. The van der Waals surface area contributed by atoms with E-state index in [2.05, 4.69) is 53.0 Å². The topological polar surface area (TPSA) is 71.3 Å². The van der Waals surface area contributed by atoms with Gasteiger partial charge in [-0.1, -0.05) is 6.07 Å². The van der Waals surface area contributed by atoms with Gasteiger partial charge in [-0.25, -0.2) is 9.50 Å². The summed E-state index contributed by atoms with van der Waals surface area (Å²) in [5, 5.41) is 13.2. The lowest BCUT2D eigenvalue weighted by molar-refractivity contribution is -0.00551. The summed E-state index contributed by atoms with van der Waals surface area (Å²) in [6, 6.07) is 8.23. The summed E-state index contributed by atoms with van der Waals surface area (Å²) in [5.74, 6) is 0.950. The van der Waals surface area contributed by atoms with Crippen LogP contribution in [0.2, 0.25) is 0 Å². The van der Waals surface area contributed by atoms with Gasteiger partial charge in [0.25, 0.3) is 0 Å². The van der Waals surface area contributed by atoms with Gasteiger partial charge in [0.15, 0.2) is 5.65 Å². The molecule has 138 valence electrons. The van der Waals surface area contributed by atoms with Gasteiger partial charge in [-0.05, 0) is 44.5 Å². The van der Waals surface area contributed by atoms with Crippen molar-refractivity contribution >= 4 is 22.4 Å². The molecule has 0 amide bonds. The number of rotatable bonds is 2. The maximum absolute atomic E-state index is 5.85. The van der Waals surface area contributed by atoms with Crippen LogP contribution < -0.4 is 4.90 Å². The molecule has 1 aromatic carbocycles. The molecular formula is C20H22N6O. The third-order valence-corrected chi connectivity index (χ3v) is 5.26. The van der Waals surface area contributed by atoms with E-state index in [9.17, 15) is 0 Å². The highest BCUT2D eigenvalue weighted by atomic mass is 16.5. The molecule has 1 saturated heterocycles. The molecular weight excluding hydrogens is 340 g/mol. The average molecular weight is 362 g/mol. The number of ether oxygens (including phenoxy) is 1. The first-order valence-corrected chi connectivity index (χ1v) is 9.28. The lowest BCUT2D eigenvalue weighted by Gasteiger charge is -2.35. The molecule has 1 aliphatic heterocycles. The molecule has 4 aromatic rings. The largest absolute Gasteiger partial charge is 0.372 e. The maximum atomic E-state index is 5.85. The van der Waals surface area contributed by atoms with E-state index >= 15 is 0 Å². The summed E-state index contributed by atoms with van der Waals surface area (Å²) >= 11 is 0. The summed E-state index contributed by atoms with van der Waals surface area (Å²) in [5.41, 5.74) is 5.15. The fourth-order valence-electron chi connectivity index (χ4n) is 4.02. The molecule has 1 aliphatic rings. The number of hydrogen-bond donors (Lipinski definition) is 1. The number of hydrogen-bond acceptors (Lipinski definition) is 5. The van der Waals surface area contributed by atoms with Crippen molar-refractivity contribution in [2.24, 2.45) is 0 Å². The second-order valence-electron chi connectivity index (χ2n) is 7.34. The highest BCUT2D eigenvalue weighted by molar-refractivity contribution is 5.88. The van der Waals surface area contributed by atoms with Crippen LogP contribution in [0.25, 0.3) is 27.8 Å². The van der Waals surface area contributed by atoms with Crippen molar-refractivity contribution in [3.63, 3.8) is 0 Å². The van der Waals surface area contributed by atoms with Gasteiger partial charge in [-0.3, -0.25) is 5.10 Å². The number of anilines is 1. The summed E-state index contributed by atoms with van der Waals surface area (Å²) in [4.78, 5) is 6.84. The van der Waals surface area contributed by atoms with E-state index in [1.54, 1.807) is 0 Å². The zero-order valence-electron chi connectivity index (χ0n) is 15.7. The molecule has 0 aliphatic carbocycles. The SMILES string of the molecule is Cc1c(-c2cnc3ccc(N4C[C@@H](C)O[C@@H](C)C4)nn23)ccc2[nH]ncc12. The van der Waals surface area contributed by atoms with Gasteiger partial charge in [0, 0.05) is 24.0 Å². The van der Waals surface area contributed by atoms with Gasteiger partial charge >= 0.3 is 0 Å². The minimum atomic E-state index is 0.194. The highest BCUT2D eigenvalue weighted by Gasteiger charge is 2.24. The van der Waals surface area contributed by atoms with Crippen LogP contribution in [0, 0.1) is 6.92 Å². The van der Waals surface area contributed by atoms with Gasteiger partial charge in [-0.2, -0.15) is 5.10 Å². The molecule has 0 bridgehead atoms. The number of benzene rings is 1. The molecule has 3 aromatic heterocycles. The van der Waals surface area contributed by atoms with Gasteiger partial charge in [0.1, 0.15) is 5.82 Å². The molecule has 0 unspecified atom stereocenters. The molecule has 1 N–H and O–H groups in total. The predicted molar refractivity (Wildman–Crippen MR) is 105 cm³/mol. The molecule has 7 heteroatoms. The van der Waals surface area contributed by atoms with Crippen LogP contribution in [0.1, 0.15) is 19.4 Å². The summed E-state index contributed by atoms with van der Waals surface area (Å²) in [7, 11) is 0. The van der Waals surface area contributed by atoms with Gasteiger partial charge < -0.3 is 9.64 Å². The zero-order valence-corrected chi connectivity index (χ0v) is 15.7. The van der Waals surface area contributed by atoms with Crippen molar-refractivity contribution in [1.29, 1.82) is 0 Å². The molecule has 0 saturated carbocycles. The van der Waals surface area contributed by atoms with Crippen LogP contribution in [0.15, 0.2) is 36.7 Å². The lowest BCUT2D eigenvalue weighted by Crippen LogP contribution is -2.46. The van der Waals surface area contributed by atoms with Crippen molar-refractivity contribution in [3.8, 4) is 11.3 Å². The predicted octanol–water partition coefficient (Wildman–Crippen LogP) is 3.19. The third kappa shape index (κ3) is 2.66. The molecule has 4 heterocycles. The Bertz CT molecular complexity index is 1120. The van der Waals surface area contributed by atoms with Gasteiger partial charge in [0.2, 0.25) is 0 Å². The number of morpholine rings is 1. The summed E-state index contributed by atoms with van der Waals surface area (Å²) in [6.45, 7) is 8.00. The first kappa shape index (κ1) is 16.3. The second-order valence-corrected chi connectivity index (χ2v) is 7.34. The third-order valence-electron chi connectivity index (χ3n) is 5.26. The Labute approximate surface area is 157 Å². The van der Waals surface area contributed by atoms with Crippen molar-refractivity contribution in [2.75, 3.05) is 18.0 Å². The molecule has 7 nitrogen and oxygen atoms in total. The summed E-state index contributed by atoms with van der Waals surface area (Å²) in [6.07, 6.45) is 4.15. The first-order valence-electron chi connectivity index (χ1n) is 9.28. The van der Waals surface area contributed by atoms with E-state index in [1.165, 1.54) is 5.56 Å². The molecule has 0 spiro atoms. The highest BCUT2D eigenvalue weighted by Crippen LogP contribution is 2.29. The number of nitrogens with one attached hydrogen (secondary N) is 1. The second kappa shape index (κ2) is 6.06. The van der Waals surface area contributed by atoms with Gasteiger partial charge in [-0.15, -0.1) is 5.10 Å². The Morgan fingerprint density at radius 3 is 2.70 bits per heavy atom. The number of aromatic nitrogens is 5. The van der Waals surface area contributed by atoms with Crippen LogP contribution in [-0.2, 0) is 4.74 Å². The Morgan fingerprint density at radius 1 is 1.07 bits per heavy atom. The Balaban J connectivity index is 1.62. The van der Waals surface area contributed by atoms with E-state index < -0.39 is 0 Å². The minimum Gasteiger partial charge on any atom is -0.372 e. The van der Waals surface area contributed by atoms with Crippen LogP contribution >= 0.6 is 0 Å². The number of imidazole rings is 1. The molecule has 0 radical (unpaired) electrons. The lowest BCUT2D eigenvalue weighted by atomic mass is 10.0. The van der Waals surface area contributed by atoms with E-state index in [4.69, 9.17) is 9.84 Å². The van der Waals surface area contributed by atoms with Crippen molar-refractivity contribution < 1.29 is 4.74 Å². The van der Waals surface area contributed by atoms with E-state index in [-0.39, 0.29) is 12.2 Å². The molecule has 5 rings (SSSR count). The van der Waals surface area contributed by atoms with Crippen LogP contribution in [-0.4, -0.2) is 50.1 Å².